The van der Waals surface area contributed by atoms with Crippen molar-refractivity contribution in [1.29, 1.82) is 0 Å². The Hall–Kier alpha value is -2.02. The normalized spacial score (nSPS) is 16.2. The van der Waals surface area contributed by atoms with Crippen molar-refractivity contribution in [3.63, 3.8) is 0 Å². The van der Waals surface area contributed by atoms with Crippen LogP contribution in [0.3, 0.4) is 0 Å². The lowest BCUT2D eigenvalue weighted by Gasteiger charge is -2.31. The third-order valence-corrected chi connectivity index (χ3v) is 4.67. The first-order valence-corrected chi connectivity index (χ1v) is 8.52. The summed E-state index contributed by atoms with van der Waals surface area (Å²) in [5.41, 5.74) is -0.690. The van der Waals surface area contributed by atoms with Crippen molar-refractivity contribution in [3.05, 3.63) is 40.4 Å². The molecule has 1 aliphatic heterocycles. The highest BCUT2D eigenvalue weighted by Crippen LogP contribution is 2.32. The van der Waals surface area contributed by atoms with Crippen LogP contribution in [0.1, 0.15) is 24.0 Å². The van der Waals surface area contributed by atoms with Gasteiger partial charge in [0.2, 0.25) is 11.8 Å². The summed E-state index contributed by atoms with van der Waals surface area (Å²) in [6.45, 7) is 0.869. The maximum Gasteiger partial charge on any atom is 0.416 e. The molecule has 0 aliphatic carbocycles. The van der Waals surface area contributed by atoms with Gasteiger partial charge in [-0.25, -0.2) is 0 Å². The van der Waals surface area contributed by atoms with E-state index in [2.05, 4.69) is 0 Å². The van der Waals surface area contributed by atoms with Gasteiger partial charge in [-0.3, -0.25) is 9.59 Å². The lowest BCUT2D eigenvalue weighted by molar-refractivity contribution is -0.137. The second-order valence-electron chi connectivity index (χ2n) is 6.40. The van der Waals surface area contributed by atoms with Crippen LogP contribution in [0.2, 0.25) is 5.02 Å². The molecule has 0 bridgehead atoms. The molecule has 0 saturated carbocycles. The summed E-state index contributed by atoms with van der Waals surface area (Å²) in [6, 6.07) is 2.97. The van der Waals surface area contributed by atoms with Crippen LogP contribution in [0.4, 0.5) is 13.2 Å². The Bertz CT molecular complexity index is 709. The van der Waals surface area contributed by atoms with Gasteiger partial charge in [0, 0.05) is 44.2 Å². The van der Waals surface area contributed by atoms with Crippen molar-refractivity contribution in [2.75, 3.05) is 27.2 Å². The monoisotopic (exact) mass is 388 g/mol. The summed E-state index contributed by atoms with van der Waals surface area (Å²) < 4.78 is 38.3. The minimum Gasteiger partial charge on any atom is -0.349 e. The van der Waals surface area contributed by atoms with E-state index >= 15 is 0 Å². The largest absolute Gasteiger partial charge is 0.416 e. The van der Waals surface area contributed by atoms with E-state index in [-0.39, 0.29) is 28.3 Å². The Labute approximate surface area is 155 Å². The molecule has 1 aromatic carbocycles. The van der Waals surface area contributed by atoms with E-state index in [0.29, 0.717) is 25.9 Å². The Kier molecular flexibility index (Phi) is 6.34. The summed E-state index contributed by atoms with van der Waals surface area (Å²) in [5.74, 6) is -0.367. The Balaban J connectivity index is 2.01. The summed E-state index contributed by atoms with van der Waals surface area (Å²) >= 11 is 5.91. The number of amides is 2. The molecule has 1 aromatic rings. The molecule has 0 unspecified atom stereocenters. The highest BCUT2D eigenvalue weighted by molar-refractivity contribution is 6.32. The van der Waals surface area contributed by atoms with Gasteiger partial charge >= 0.3 is 6.18 Å². The second kappa shape index (κ2) is 8.12. The van der Waals surface area contributed by atoms with Gasteiger partial charge < -0.3 is 9.80 Å². The number of alkyl halides is 3. The van der Waals surface area contributed by atoms with Crippen molar-refractivity contribution in [2.45, 2.75) is 19.0 Å². The van der Waals surface area contributed by atoms with E-state index in [0.717, 1.165) is 18.2 Å². The molecule has 0 radical (unpaired) electrons. The van der Waals surface area contributed by atoms with Crippen LogP contribution < -0.4 is 0 Å². The van der Waals surface area contributed by atoms with E-state index in [1.807, 2.05) is 0 Å². The summed E-state index contributed by atoms with van der Waals surface area (Å²) in [5, 5.41) is 0.136. The molecule has 0 aromatic heterocycles. The topological polar surface area (TPSA) is 40.6 Å². The zero-order valence-corrected chi connectivity index (χ0v) is 15.3. The molecule has 1 heterocycles. The van der Waals surface area contributed by atoms with Gasteiger partial charge in [0.05, 0.1) is 5.56 Å². The Morgan fingerprint density at radius 2 is 1.85 bits per heavy atom. The van der Waals surface area contributed by atoms with E-state index in [4.69, 9.17) is 11.6 Å². The molecule has 2 amide bonds. The molecule has 4 nitrogen and oxygen atoms in total. The number of likely N-dealkylation sites (tertiary alicyclic amines) is 1. The van der Waals surface area contributed by atoms with Gasteiger partial charge in [0.1, 0.15) is 0 Å². The molecular weight excluding hydrogens is 369 g/mol. The molecule has 0 atom stereocenters. The number of benzene rings is 1. The smallest absolute Gasteiger partial charge is 0.349 e. The maximum atomic E-state index is 12.8. The lowest BCUT2D eigenvalue weighted by Crippen LogP contribution is -2.42. The molecule has 26 heavy (non-hydrogen) atoms. The Morgan fingerprint density at radius 3 is 2.38 bits per heavy atom. The second-order valence-corrected chi connectivity index (χ2v) is 6.81. The quantitative estimate of drug-likeness (QED) is 0.741. The molecule has 1 aliphatic rings. The fraction of sp³-hybridized carbons (Fsp3) is 0.444. The van der Waals surface area contributed by atoms with Gasteiger partial charge in [-0.05, 0) is 42.7 Å². The first-order chi connectivity index (χ1) is 12.1. The van der Waals surface area contributed by atoms with Crippen LogP contribution in [0, 0.1) is 5.92 Å². The lowest BCUT2D eigenvalue weighted by atomic mass is 9.95. The van der Waals surface area contributed by atoms with Crippen molar-refractivity contribution >= 4 is 29.5 Å². The van der Waals surface area contributed by atoms with Gasteiger partial charge in [0.15, 0.2) is 0 Å². The number of carbonyl (C=O) groups excluding carboxylic acids is 2. The number of halogens is 4. The van der Waals surface area contributed by atoms with Crippen LogP contribution in [-0.2, 0) is 15.8 Å². The molecule has 142 valence electrons. The average Bonchev–Trinajstić information content (AvgIpc) is 2.59. The predicted octanol–water partition coefficient (Wildman–Crippen LogP) is 3.70. The zero-order chi connectivity index (χ0) is 19.5. The molecule has 8 heteroatoms. The first-order valence-electron chi connectivity index (χ1n) is 8.14. The predicted molar refractivity (Wildman–Crippen MR) is 93.5 cm³/mol. The number of hydrogen-bond donors (Lipinski definition) is 0. The van der Waals surface area contributed by atoms with Crippen molar-refractivity contribution in [3.8, 4) is 0 Å². The van der Waals surface area contributed by atoms with Gasteiger partial charge in [-0.1, -0.05) is 11.6 Å². The highest BCUT2D eigenvalue weighted by Gasteiger charge is 2.31. The SMILES string of the molecule is CN(C)C(=O)C1CCN(C(=O)/C=C/c2cc(C(F)(F)F)ccc2Cl)CC1. The van der Waals surface area contributed by atoms with Gasteiger partial charge in [-0.15, -0.1) is 0 Å². The van der Waals surface area contributed by atoms with Crippen LogP contribution in [0.5, 0.6) is 0 Å². The van der Waals surface area contributed by atoms with E-state index in [1.165, 1.54) is 17.1 Å². The standard InChI is InChI=1S/C18H20ClF3N2O2/c1-23(2)17(26)12-7-9-24(10-8-12)16(25)6-3-13-11-14(18(20,21)22)4-5-15(13)19/h3-6,11-12H,7-10H2,1-2H3/b6-3+. The fourth-order valence-corrected chi connectivity index (χ4v) is 3.01. The zero-order valence-electron chi connectivity index (χ0n) is 14.5. The number of piperidine rings is 1. The minimum absolute atomic E-state index is 0.0448. The maximum absolute atomic E-state index is 12.8. The van der Waals surface area contributed by atoms with E-state index in [9.17, 15) is 22.8 Å². The number of rotatable bonds is 3. The molecule has 0 N–H and O–H groups in total. The third kappa shape index (κ3) is 5.00. The average molecular weight is 389 g/mol. The molecule has 1 saturated heterocycles. The third-order valence-electron chi connectivity index (χ3n) is 4.33. The molecule has 1 fully saturated rings. The van der Waals surface area contributed by atoms with E-state index < -0.39 is 11.7 Å². The summed E-state index contributed by atoms with van der Waals surface area (Å²) in [4.78, 5) is 27.3. The number of nitrogens with zero attached hydrogens (tertiary/aromatic N) is 2. The molecule has 0 spiro atoms. The van der Waals surface area contributed by atoms with Crippen molar-refractivity contribution < 1.29 is 22.8 Å². The van der Waals surface area contributed by atoms with E-state index in [1.54, 1.807) is 19.0 Å². The Morgan fingerprint density at radius 1 is 1.23 bits per heavy atom. The van der Waals surface area contributed by atoms with Crippen molar-refractivity contribution in [2.24, 2.45) is 5.92 Å². The van der Waals surface area contributed by atoms with Crippen LogP contribution in [-0.4, -0.2) is 48.8 Å². The number of hydrogen-bond acceptors (Lipinski definition) is 2. The number of carbonyl (C=O) groups is 2. The summed E-state index contributed by atoms with van der Waals surface area (Å²) in [6.07, 6.45) is -0.827. The molecular formula is C18H20ClF3N2O2. The first kappa shape index (κ1) is 20.3. The van der Waals surface area contributed by atoms with Crippen LogP contribution in [0.15, 0.2) is 24.3 Å². The van der Waals surface area contributed by atoms with Crippen LogP contribution >= 0.6 is 11.6 Å². The molecule has 2 rings (SSSR count). The minimum atomic E-state index is -4.47. The van der Waals surface area contributed by atoms with Crippen molar-refractivity contribution in [1.82, 2.24) is 9.80 Å². The van der Waals surface area contributed by atoms with Gasteiger partial charge in [0.25, 0.3) is 0 Å². The fourth-order valence-electron chi connectivity index (χ4n) is 2.83. The van der Waals surface area contributed by atoms with Gasteiger partial charge in [-0.2, -0.15) is 13.2 Å². The highest BCUT2D eigenvalue weighted by atomic mass is 35.5. The summed E-state index contributed by atoms with van der Waals surface area (Å²) in [7, 11) is 3.39. The van der Waals surface area contributed by atoms with Crippen LogP contribution in [0.25, 0.3) is 6.08 Å².